The third-order valence-electron chi connectivity index (χ3n) is 3.24. The summed E-state index contributed by atoms with van der Waals surface area (Å²) in [6, 6.07) is 5.24. The van der Waals surface area contributed by atoms with Crippen LogP contribution in [0.4, 0.5) is 0 Å². The molecule has 1 aromatic rings. The average molecular weight is 318 g/mol. The number of piperazine rings is 1. The monoisotopic (exact) mass is 317 g/mol. The van der Waals surface area contributed by atoms with E-state index in [1.165, 1.54) is 0 Å². The van der Waals surface area contributed by atoms with E-state index in [2.05, 4.69) is 0 Å². The maximum absolute atomic E-state index is 12.3. The number of benzene rings is 1. The molecule has 8 heteroatoms. The van der Waals surface area contributed by atoms with Gasteiger partial charge in [-0.25, -0.2) is 5.14 Å². The molecule has 1 aliphatic rings. The molecule has 1 saturated heterocycles. The minimum absolute atomic E-state index is 0.191. The predicted octanol–water partition coefficient (Wildman–Crippen LogP) is 0.610. The maximum atomic E-state index is 12.3. The molecule has 1 aliphatic heterocycles. The number of rotatable bonds is 2. The lowest BCUT2D eigenvalue weighted by atomic mass is 10.1. The van der Waals surface area contributed by atoms with Gasteiger partial charge in [0.1, 0.15) is 0 Å². The quantitative estimate of drug-likeness (QED) is 0.867. The summed E-state index contributed by atoms with van der Waals surface area (Å²) in [5.74, 6) is -0.191. The number of halogens is 1. The van der Waals surface area contributed by atoms with Crippen molar-refractivity contribution in [1.82, 2.24) is 9.21 Å². The van der Waals surface area contributed by atoms with Gasteiger partial charge >= 0.3 is 0 Å². The van der Waals surface area contributed by atoms with Crippen LogP contribution in [0.5, 0.6) is 0 Å². The number of nitrogens with two attached hydrogens (primary N) is 1. The molecule has 2 N–H and O–H groups in total. The Labute approximate surface area is 123 Å². The molecular weight excluding hydrogens is 302 g/mol. The summed E-state index contributed by atoms with van der Waals surface area (Å²) in [4.78, 5) is 13.9. The van der Waals surface area contributed by atoms with Crippen LogP contribution in [0.3, 0.4) is 0 Å². The molecule has 0 aromatic heterocycles. The first-order valence-electron chi connectivity index (χ1n) is 6.12. The van der Waals surface area contributed by atoms with E-state index in [0.29, 0.717) is 23.7 Å². The van der Waals surface area contributed by atoms with Gasteiger partial charge in [0.15, 0.2) is 0 Å². The summed E-state index contributed by atoms with van der Waals surface area (Å²) in [6.45, 7) is 2.91. The molecule has 1 amide bonds. The van der Waals surface area contributed by atoms with Crippen LogP contribution in [0.2, 0.25) is 5.02 Å². The number of amides is 1. The van der Waals surface area contributed by atoms with E-state index < -0.39 is 10.2 Å². The molecule has 1 heterocycles. The predicted molar refractivity (Wildman–Crippen MR) is 76.8 cm³/mol. The van der Waals surface area contributed by atoms with Gasteiger partial charge in [-0.1, -0.05) is 17.7 Å². The number of carbonyl (C=O) groups is 1. The highest BCUT2D eigenvalue weighted by atomic mass is 35.5. The molecule has 1 aromatic carbocycles. The second-order valence-corrected chi connectivity index (χ2v) is 6.67. The van der Waals surface area contributed by atoms with Crippen LogP contribution in [0.1, 0.15) is 15.9 Å². The first kappa shape index (κ1) is 15.2. The highest BCUT2D eigenvalue weighted by Gasteiger charge is 2.27. The Hall–Kier alpha value is -1.15. The third-order valence-corrected chi connectivity index (χ3v) is 4.64. The van der Waals surface area contributed by atoms with E-state index in [1.807, 2.05) is 13.0 Å². The van der Waals surface area contributed by atoms with Gasteiger partial charge in [-0.3, -0.25) is 4.79 Å². The van der Waals surface area contributed by atoms with Gasteiger partial charge in [0.05, 0.1) is 10.6 Å². The Morgan fingerprint density at radius 1 is 1.25 bits per heavy atom. The van der Waals surface area contributed by atoms with E-state index in [1.54, 1.807) is 17.0 Å². The third kappa shape index (κ3) is 3.29. The molecule has 20 heavy (non-hydrogen) atoms. The van der Waals surface area contributed by atoms with E-state index in [-0.39, 0.29) is 19.0 Å². The number of aryl methyl sites for hydroxylation is 1. The van der Waals surface area contributed by atoms with Crippen molar-refractivity contribution in [1.29, 1.82) is 0 Å². The molecule has 0 radical (unpaired) electrons. The Balaban J connectivity index is 2.09. The Bertz CT molecular complexity index is 625. The summed E-state index contributed by atoms with van der Waals surface area (Å²) in [7, 11) is -3.68. The zero-order valence-corrected chi connectivity index (χ0v) is 12.6. The van der Waals surface area contributed by atoms with Crippen molar-refractivity contribution in [3.05, 3.63) is 34.3 Å². The first-order chi connectivity index (χ1) is 9.29. The SMILES string of the molecule is Cc1ccc(C(=O)N2CCN(S(N)(=O)=O)CC2)c(Cl)c1. The van der Waals surface area contributed by atoms with Gasteiger partial charge in [-0.15, -0.1) is 0 Å². The van der Waals surface area contributed by atoms with Crippen LogP contribution in [-0.4, -0.2) is 49.7 Å². The van der Waals surface area contributed by atoms with Gasteiger partial charge in [0.2, 0.25) is 0 Å². The topological polar surface area (TPSA) is 83.7 Å². The van der Waals surface area contributed by atoms with E-state index in [9.17, 15) is 13.2 Å². The van der Waals surface area contributed by atoms with Crippen molar-refractivity contribution >= 4 is 27.7 Å². The zero-order valence-electron chi connectivity index (χ0n) is 11.0. The second kappa shape index (κ2) is 5.69. The minimum atomic E-state index is -3.68. The lowest BCUT2D eigenvalue weighted by Gasteiger charge is -2.33. The molecule has 0 unspecified atom stereocenters. The highest BCUT2D eigenvalue weighted by Crippen LogP contribution is 2.20. The van der Waals surface area contributed by atoms with Gasteiger partial charge in [0.25, 0.3) is 16.1 Å². The molecule has 0 atom stereocenters. The lowest BCUT2D eigenvalue weighted by molar-refractivity contribution is 0.0698. The molecule has 1 fully saturated rings. The van der Waals surface area contributed by atoms with Crippen LogP contribution < -0.4 is 5.14 Å². The van der Waals surface area contributed by atoms with Gasteiger partial charge in [0, 0.05) is 26.2 Å². The Kier molecular flexibility index (Phi) is 4.33. The molecule has 6 nitrogen and oxygen atoms in total. The van der Waals surface area contributed by atoms with Crippen molar-refractivity contribution in [3.63, 3.8) is 0 Å². The number of hydrogen-bond acceptors (Lipinski definition) is 3. The van der Waals surface area contributed by atoms with Gasteiger partial charge in [-0.2, -0.15) is 12.7 Å². The second-order valence-electron chi connectivity index (χ2n) is 4.72. The van der Waals surface area contributed by atoms with Gasteiger partial charge in [-0.05, 0) is 24.6 Å². The first-order valence-corrected chi connectivity index (χ1v) is 8.00. The maximum Gasteiger partial charge on any atom is 0.277 e. The minimum Gasteiger partial charge on any atom is -0.336 e. The Morgan fingerprint density at radius 3 is 2.35 bits per heavy atom. The summed E-state index contributed by atoms with van der Waals surface area (Å²) in [6.07, 6.45) is 0. The van der Waals surface area contributed by atoms with Crippen LogP contribution in [0.25, 0.3) is 0 Å². The normalized spacial score (nSPS) is 17.2. The number of hydrogen-bond donors (Lipinski definition) is 1. The molecule has 0 aliphatic carbocycles. The lowest BCUT2D eigenvalue weighted by Crippen LogP contribution is -2.52. The number of nitrogens with zero attached hydrogens (tertiary/aromatic N) is 2. The van der Waals surface area contributed by atoms with E-state index >= 15 is 0 Å². The van der Waals surface area contributed by atoms with E-state index in [0.717, 1.165) is 9.87 Å². The fraction of sp³-hybridized carbons (Fsp3) is 0.417. The summed E-state index contributed by atoms with van der Waals surface area (Å²) in [5, 5.41) is 5.46. The Morgan fingerprint density at radius 2 is 1.85 bits per heavy atom. The molecule has 2 rings (SSSR count). The van der Waals surface area contributed by atoms with E-state index in [4.69, 9.17) is 16.7 Å². The summed E-state index contributed by atoms with van der Waals surface area (Å²) in [5.41, 5.74) is 1.41. The highest BCUT2D eigenvalue weighted by molar-refractivity contribution is 7.86. The molecule has 0 spiro atoms. The molecular formula is C12H16ClN3O3S. The summed E-state index contributed by atoms with van der Waals surface area (Å²) < 4.78 is 23.6. The fourth-order valence-corrected chi connectivity index (χ4v) is 3.10. The standard InChI is InChI=1S/C12H16ClN3O3S/c1-9-2-3-10(11(13)8-9)12(17)15-4-6-16(7-5-15)20(14,18)19/h2-3,8H,4-7H2,1H3,(H2,14,18,19). The van der Waals surface area contributed by atoms with Crippen molar-refractivity contribution in [2.24, 2.45) is 5.14 Å². The largest absolute Gasteiger partial charge is 0.336 e. The smallest absolute Gasteiger partial charge is 0.277 e. The average Bonchev–Trinajstić information content (AvgIpc) is 2.37. The van der Waals surface area contributed by atoms with Crippen molar-refractivity contribution < 1.29 is 13.2 Å². The van der Waals surface area contributed by atoms with Crippen LogP contribution in [0.15, 0.2) is 18.2 Å². The van der Waals surface area contributed by atoms with Crippen LogP contribution in [-0.2, 0) is 10.2 Å². The fourth-order valence-electron chi connectivity index (χ4n) is 2.11. The van der Waals surface area contributed by atoms with Crippen LogP contribution >= 0.6 is 11.6 Å². The molecule has 0 saturated carbocycles. The number of carbonyl (C=O) groups excluding carboxylic acids is 1. The zero-order chi connectivity index (χ0) is 14.9. The van der Waals surface area contributed by atoms with Gasteiger partial charge < -0.3 is 4.90 Å². The van der Waals surface area contributed by atoms with Crippen molar-refractivity contribution in [2.75, 3.05) is 26.2 Å². The van der Waals surface area contributed by atoms with Crippen molar-refractivity contribution in [2.45, 2.75) is 6.92 Å². The summed E-state index contributed by atoms with van der Waals surface area (Å²) >= 11 is 6.07. The van der Waals surface area contributed by atoms with Crippen molar-refractivity contribution in [3.8, 4) is 0 Å². The van der Waals surface area contributed by atoms with Crippen LogP contribution in [0, 0.1) is 6.92 Å². The molecule has 0 bridgehead atoms. The molecule has 110 valence electrons.